The molecule has 3 rings (SSSR count). The summed E-state index contributed by atoms with van der Waals surface area (Å²) in [5.41, 5.74) is 1.13. The number of carbonyl (C=O) groups is 1. The number of rotatable bonds is 3. The summed E-state index contributed by atoms with van der Waals surface area (Å²) in [4.78, 5) is 13.4. The molecule has 0 unspecified atom stereocenters. The van der Waals surface area contributed by atoms with E-state index in [4.69, 9.17) is 0 Å². The van der Waals surface area contributed by atoms with E-state index in [0.717, 1.165) is 25.7 Å². The highest BCUT2D eigenvalue weighted by Crippen LogP contribution is 2.43. The normalized spacial score (nSPS) is 23.4. The van der Waals surface area contributed by atoms with Crippen LogP contribution in [0.3, 0.4) is 0 Å². The zero-order chi connectivity index (χ0) is 14.5. The van der Waals surface area contributed by atoms with E-state index in [0.29, 0.717) is 11.7 Å². The van der Waals surface area contributed by atoms with E-state index in [1.165, 1.54) is 50.5 Å². The molecule has 0 amide bonds. The molecule has 0 N–H and O–H groups in total. The van der Waals surface area contributed by atoms with Crippen molar-refractivity contribution in [2.24, 2.45) is 5.92 Å². The first-order valence-electron chi connectivity index (χ1n) is 8.93. The quantitative estimate of drug-likeness (QED) is 0.677. The molecule has 114 valence electrons. The number of benzene rings is 1. The van der Waals surface area contributed by atoms with Crippen LogP contribution >= 0.6 is 0 Å². The van der Waals surface area contributed by atoms with Gasteiger partial charge in [-0.05, 0) is 31.2 Å². The van der Waals surface area contributed by atoms with Gasteiger partial charge in [0.2, 0.25) is 0 Å². The van der Waals surface area contributed by atoms with E-state index in [1.807, 2.05) is 0 Å². The Balaban J connectivity index is 1.89. The number of Topliss-reactive ketones (excluding diaryl/α,β-unsaturated/α-hetero) is 1. The molecule has 0 atom stereocenters. The lowest BCUT2D eigenvalue weighted by molar-refractivity contribution is -0.130. The number of hydrogen-bond donors (Lipinski definition) is 0. The maximum Gasteiger partial charge on any atom is 0.146 e. The molecule has 1 heteroatoms. The predicted octanol–water partition coefficient (Wildman–Crippen LogP) is 5.43. The van der Waals surface area contributed by atoms with Gasteiger partial charge in [-0.25, -0.2) is 0 Å². The lowest BCUT2D eigenvalue weighted by atomic mass is 9.63. The number of hydrogen-bond acceptors (Lipinski definition) is 1. The van der Waals surface area contributed by atoms with E-state index in [9.17, 15) is 4.79 Å². The second-order valence-electron chi connectivity index (χ2n) is 7.06. The summed E-state index contributed by atoms with van der Waals surface area (Å²) in [7, 11) is 0. The fourth-order valence-electron chi connectivity index (χ4n) is 4.52. The van der Waals surface area contributed by atoms with Crippen LogP contribution in [0.25, 0.3) is 0 Å². The third-order valence-corrected chi connectivity index (χ3v) is 5.73. The zero-order valence-corrected chi connectivity index (χ0v) is 13.2. The second kappa shape index (κ2) is 6.77. The predicted molar refractivity (Wildman–Crippen MR) is 87.4 cm³/mol. The van der Waals surface area contributed by atoms with E-state index in [1.54, 1.807) is 0 Å². The topological polar surface area (TPSA) is 17.1 Å². The first-order chi connectivity index (χ1) is 10.3. The van der Waals surface area contributed by atoms with Gasteiger partial charge in [0, 0.05) is 5.92 Å². The second-order valence-corrected chi connectivity index (χ2v) is 7.06. The summed E-state index contributed by atoms with van der Waals surface area (Å²) >= 11 is 0. The monoisotopic (exact) mass is 284 g/mol. The van der Waals surface area contributed by atoms with Crippen LogP contribution in [0.5, 0.6) is 0 Å². The summed E-state index contributed by atoms with van der Waals surface area (Å²) < 4.78 is 0. The van der Waals surface area contributed by atoms with Gasteiger partial charge < -0.3 is 0 Å². The van der Waals surface area contributed by atoms with Gasteiger partial charge in [-0.1, -0.05) is 75.3 Å². The Hall–Kier alpha value is -1.11. The first kappa shape index (κ1) is 14.8. The van der Waals surface area contributed by atoms with Crippen LogP contribution in [-0.4, -0.2) is 5.78 Å². The maximum absolute atomic E-state index is 13.4. The third-order valence-electron chi connectivity index (χ3n) is 5.73. The highest BCUT2D eigenvalue weighted by atomic mass is 16.1. The highest BCUT2D eigenvalue weighted by molar-refractivity contribution is 5.92. The lowest BCUT2D eigenvalue weighted by Crippen LogP contribution is -2.41. The van der Waals surface area contributed by atoms with Crippen molar-refractivity contribution < 1.29 is 4.79 Å². The van der Waals surface area contributed by atoms with Crippen molar-refractivity contribution in [3.63, 3.8) is 0 Å². The van der Waals surface area contributed by atoms with Gasteiger partial charge in [-0.15, -0.1) is 0 Å². The molecule has 21 heavy (non-hydrogen) atoms. The minimum Gasteiger partial charge on any atom is -0.298 e. The van der Waals surface area contributed by atoms with Crippen LogP contribution in [0.15, 0.2) is 30.3 Å². The largest absolute Gasteiger partial charge is 0.298 e. The van der Waals surface area contributed by atoms with Crippen LogP contribution < -0.4 is 0 Å². The molecule has 1 aromatic rings. The van der Waals surface area contributed by atoms with Crippen LogP contribution in [0.2, 0.25) is 0 Å². The molecule has 0 aromatic heterocycles. The Bertz CT molecular complexity index is 448. The Morgan fingerprint density at radius 3 is 2.00 bits per heavy atom. The van der Waals surface area contributed by atoms with Gasteiger partial charge in [0.25, 0.3) is 0 Å². The molecule has 0 saturated heterocycles. The average Bonchev–Trinajstić information content (AvgIpc) is 2.85. The minimum atomic E-state index is -0.158. The minimum absolute atomic E-state index is 0.158. The molecular formula is C20H28O. The van der Waals surface area contributed by atoms with Gasteiger partial charge >= 0.3 is 0 Å². The summed E-state index contributed by atoms with van der Waals surface area (Å²) in [5, 5.41) is 0. The van der Waals surface area contributed by atoms with Crippen molar-refractivity contribution in [1.82, 2.24) is 0 Å². The van der Waals surface area contributed by atoms with E-state index >= 15 is 0 Å². The fourth-order valence-corrected chi connectivity index (χ4v) is 4.52. The van der Waals surface area contributed by atoms with E-state index in [2.05, 4.69) is 30.3 Å². The molecule has 0 aliphatic heterocycles. The Morgan fingerprint density at radius 2 is 1.38 bits per heavy atom. The Morgan fingerprint density at radius 1 is 0.810 bits per heavy atom. The van der Waals surface area contributed by atoms with Gasteiger partial charge in [0.1, 0.15) is 5.78 Å². The summed E-state index contributed by atoms with van der Waals surface area (Å²) in [6.45, 7) is 0. The molecule has 0 bridgehead atoms. The smallest absolute Gasteiger partial charge is 0.146 e. The summed E-state index contributed by atoms with van der Waals surface area (Å²) in [6.07, 6.45) is 13.3. The molecule has 2 aliphatic carbocycles. The zero-order valence-electron chi connectivity index (χ0n) is 13.2. The molecule has 2 saturated carbocycles. The first-order valence-corrected chi connectivity index (χ1v) is 8.93. The van der Waals surface area contributed by atoms with Crippen molar-refractivity contribution in [1.29, 1.82) is 0 Å². The maximum atomic E-state index is 13.4. The molecular weight excluding hydrogens is 256 g/mol. The van der Waals surface area contributed by atoms with Crippen LogP contribution in [-0.2, 0) is 10.2 Å². The standard InChI is InChI=1S/C20H28O/c21-19(17-11-5-1-2-6-12-17)20(15-9-4-10-16-20)18-13-7-3-8-14-18/h3,7-8,13-14,17H,1-2,4-6,9-12,15-16H2. The van der Waals surface area contributed by atoms with Gasteiger partial charge in [-0.3, -0.25) is 4.79 Å². The molecule has 0 spiro atoms. The van der Waals surface area contributed by atoms with E-state index in [-0.39, 0.29) is 5.41 Å². The molecule has 1 aromatic carbocycles. The molecule has 1 nitrogen and oxygen atoms in total. The van der Waals surface area contributed by atoms with Crippen LogP contribution in [0.1, 0.15) is 76.2 Å². The Kier molecular flexibility index (Phi) is 4.77. The van der Waals surface area contributed by atoms with Crippen molar-refractivity contribution in [3.05, 3.63) is 35.9 Å². The Labute approximate surface area is 129 Å². The van der Waals surface area contributed by atoms with Crippen LogP contribution in [0, 0.1) is 5.92 Å². The van der Waals surface area contributed by atoms with Crippen LogP contribution in [0.4, 0.5) is 0 Å². The van der Waals surface area contributed by atoms with Crippen molar-refractivity contribution in [3.8, 4) is 0 Å². The molecule has 2 fully saturated rings. The number of carbonyl (C=O) groups excluding carboxylic acids is 1. The molecule has 0 radical (unpaired) electrons. The SMILES string of the molecule is O=C(C1CCCCCC1)C1(c2ccccc2)CCCCC1. The van der Waals surface area contributed by atoms with Gasteiger partial charge in [0.05, 0.1) is 5.41 Å². The van der Waals surface area contributed by atoms with Gasteiger partial charge in [0.15, 0.2) is 0 Å². The lowest BCUT2D eigenvalue weighted by Gasteiger charge is -2.39. The number of ketones is 1. The molecule has 0 heterocycles. The molecule has 2 aliphatic rings. The summed E-state index contributed by atoms with van der Waals surface area (Å²) in [5.74, 6) is 0.904. The summed E-state index contributed by atoms with van der Waals surface area (Å²) in [6, 6.07) is 10.7. The fraction of sp³-hybridized carbons (Fsp3) is 0.650. The third kappa shape index (κ3) is 3.07. The highest BCUT2D eigenvalue weighted by Gasteiger charge is 2.43. The van der Waals surface area contributed by atoms with Gasteiger partial charge in [-0.2, -0.15) is 0 Å². The average molecular weight is 284 g/mol. The van der Waals surface area contributed by atoms with Crippen molar-refractivity contribution in [2.45, 2.75) is 76.0 Å². The van der Waals surface area contributed by atoms with E-state index < -0.39 is 0 Å². The van der Waals surface area contributed by atoms with Crippen molar-refractivity contribution in [2.75, 3.05) is 0 Å². The van der Waals surface area contributed by atoms with Crippen molar-refractivity contribution >= 4 is 5.78 Å².